The number of hydrogen-bond donors (Lipinski definition) is 2. The predicted octanol–water partition coefficient (Wildman–Crippen LogP) is 3.55. The first kappa shape index (κ1) is 20.8. The second-order valence-electron chi connectivity index (χ2n) is 7.78. The van der Waals surface area contributed by atoms with E-state index in [9.17, 15) is 13.2 Å². The molecule has 0 radical (unpaired) electrons. The van der Waals surface area contributed by atoms with Crippen LogP contribution in [-0.4, -0.2) is 33.5 Å². The van der Waals surface area contributed by atoms with Gasteiger partial charge < -0.3 is 15.4 Å². The van der Waals surface area contributed by atoms with Crippen molar-refractivity contribution in [3.05, 3.63) is 46.5 Å². The van der Waals surface area contributed by atoms with Crippen molar-refractivity contribution in [3.63, 3.8) is 0 Å². The van der Waals surface area contributed by atoms with Crippen molar-refractivity contribution in [3.8, 4) is 5.75 Å². The molecule has 1 amide bonds. The molecule has 0 aromatic heterocycles. The molecular weight excluding hydrogens is 426 g/mol. The molecule has 0 saturated carbocycles. The van der Waals surface area contributed by atoms with E-state index in [0.29, 0.717) is 17.9 Å². The van der Waals surface area contributed by atoms with Crippen LogP contribution in [0, 0.1) is 0 Å². The Bertz CT molecular complexity index is 1100. The summed E-state index contributed by atoms with van der Waals surface area (Å²) in [6.45, 7) is 3.55. The molecule has 0 aliphatic carbocycles. The zero-order chi connectivity index (χ0) is 21.5. The van der Waals surface area contributed by atoms with Crippen LogP contribution >= 0.6 is 11.6 Å². The molecule has 2 heterocycles. The summed E-state index contributed by atoms with van der Waals surface area (Å²) in [5.74, 6) is -0.0831. The Morgan fingerprint density at radius 1 is 1.20 bits per heavy atom. The van der Waals surface area contributed by atoms with Gasteiger partial charge in [-0.3, -0.25) is 9.52 Å². The molecule has 1 fully saturated rings. The first-order valence-electron chi connectivity index (χ1n) is 9.95. The van der Waals surface area contributed by atoms with Crippen LogP contribution in [0.1, 0.15) is 42.1 Å². The summed E-state index contributed by atoms with van der Waals surface area (Å²) in [5.41, 5.74) is 7.48. The smallest absolute Gasteiger partial charge is 0.262 e. The number of sulfonamides is 1. The lowest BCUT2D eigenvalue weighted by atomic mass is 10.1. The van der Waals surface area contributed by atoms with Gasteiger partial charge in [0.1, 0.15) is 11.9 Å². The maximum atomic E-state index is 13.2. The van der Waals surface area contributed by atoms with E-state index in [1.807, 2.05) is 6.92 Å². The van der Waals surface area contributed by atoms with Crippen LogP contribution in [0.3, 0.4) is 0 Å². The molecular formula is C21H24ClN3O4S. The molecule has 3 N–H and O–H groups in total. The van der Waals surface area contributed by atoms with Crippen molar-refractivity contribution >= 4 is 38.9 Å². The number of carbonyl (C=O) groups excluding carboxylic acids is 1. The van der Waals surface area contributed by atoms with E-state index in [1.54, 1.807) is 18.2 Å². The van der Waals surface area contributed by atoms with E-state index in [0.717, 1.165) is 43.6 Å². The standard InChI is InChI=1S/C21H24ClN3O4S/c1-13-9-15-10-16(12-17(22)20(15)29-13)30(27,28)24-18-11-14(21(23)26)5-6-19(18)25-7-3-2-4-8-25/h5-6,10-13,24H,2-4,7-9H2,1H3,(H2,23,26)/t13-/m0/s1. The zero-order valence-corrected chi connectivity index (χ0v) is 18.2. The Kier molecular flexibility index (Phi) is 5.55. The maximum Gasteiger partial charge on any atom is 0.262 e. The van der Waals surface area contributed by atoms with Crippen molar-refractivity contribution in [2.75, 3.05) is 22.7 Å². The third kappa shape index (κ3) is 4.06. The van der Waals surface area contributed by atoms with E-state index < -0.39 is 15.9 Å². The van der Waals surface area contributed by atoms with Crippen molar-refractivity contribution in [2.24, 2.45) is 5.73 Å². The normalized spacial score (nSPS) is 18.6. The number of nitrogens with two attached hydrogens (primary N) is 1. The van der Waals surface area contributed by atoms with Gasteiger partial charge in [-0.25, -0.2) is 8.42 Å². The second kappa shape index (κ2) is 8.00. The van der Waals surface area contributed by atoms with E-state index in [-0.39, 0.29) is 21.6 Å². The van der Waals surface area contributed by atoms with Crippen LogP contribution in [0.4, 0.5) is 11.4 Å². The number of rotatable bonds is 5. The summed E-state index contributed by atoms with van der Waals surface area (Å²) >= 11 is 6.28. The molecule has 9 heteroatoms. The maximum absolute atomic E-state index is 13.2. The third-order valence-corrected chi connectivity index (χ3v) is 7.08. The number of halogens is 1. The van der Waals surface area contributed by atoms with Gasteiger partial charge >= 0.3 is 0 Å². The lowest BCUT2D eigenvalue weighted by Crippen LogP contribution is -2.30. The van der Waals surface area contributed by atoms with Gasteiger partial charge in [0, 0.05) is 30.6 Å². The van der Waals surface area contributed by atoms with Crippen LogP contribution in [0.5, 0.6) is 5.75 Å². The van der Waals surface area contributed by atoms with Gasteiger partial charge in [0.2, 0.25) is 5.91 Å². The average Bonchev–Trinajstić information content (AvgIpc) is 3.09. The minimum Gasteiger partial charge on any atom is -0.489 e. The third-order valence-electron chi connectivity index (χ3n) is 5.45. The molecule has 4 rings (SSSR count). The molecule has 0 spiro atoms. The van der Waals surface area contributed by atoms with Crippen molar-refractivity contribution in [1.82, 2.24) is 0 Å². The van der Waals surface area contributed by atoms with Crippen LogP contribution < -0.4 is 20.1 Å². The summed E-state index contributed by atoms with van der Waals surface area (Å²) in [7, 11) is -3.95. The fraction of sp³-hybridized carbons (Fsp3) is 0.381. The van der Waals surface area contributed by atoms with Gasteiger partial charge in [0.25, 0.3) is 10.0 Å². The predicted molar refractivity (Wildman–Crippen MR) is 117 cm³/mol. The Balaban J connectivity index is 1.72. The first-order chi connectivity index (χ1) is 14.2. The van der Waals surface area contributed by atoms with Crippen LogP contribution in [0.25, 0.3) is 0 Å². The van der Waals surface area contributed by atoms with Gasteiger partial charge in [-0.2, -0.15) is 0 Å². The molecule has 2 aromatic rings. The highest BCUT2D eigenvalue weighted by Gasteiger charge is 2.27. The zero-order valence-electron chi connectivity index (χ0n) is 16.7. The quantitative estimate of drug-likeness (QED) is 0.726. The van der Waals surface area contributed by atoms with Crippen molar-refractivity contribution < 1.29 is 17.9 Å². The number of carbonyl (C=O) groups is 1. The second-order valence-corrected chi connectivity index (χ2v) is 9.86. The lowest BCUT2D eigenvalue weighted by Gasteiger charge is -2.30. The summed E-state index contributed by atoms with van der Waals surface area (Å²) in [4.78, 5) is 13.9. The molecule has 2 aromatic carbocycles. The molecule has 30 heavy (non-hydrogen) atoms. The minimum absolute atomic E-state index is 0.0537. The fourth-order valence-electron chi connectivity index (χ4n) is 4.00. The molecule has 2 aliphatic heterocycles. The number of ether oxygens (including phenoxy) is 1. The number of benzene rings is 2. The summed E-state index contributed by atoms with van der Waals surface area (Å²) in [5, 5.41) is 0.263. The molecule has 1 saturated heterocycles. The number of amides is 1. The van der Waals surface area contributed by atoms with Gasteiger partial charge in [-0.05, 0) is 56.5 Å². The molecule has 7 nitrogen and oxygen atoms in total. The highest BCUT2D eigenvalue weighted by Crippen LogP contribution is 2.39. The average molecular weight is 450 g/mol. The molecule has 1 atom stereocenters. The Morgan fingerprint density at radius 3 is 2.63 bits per heavy atom. The number of piperidine rings is 1. The SMILES string of the molecule is C[C@H]1Cc2cc(S(=O)(=O)Nc3cc(C(N)=O)ccc3N3CCCCC3)cc(Cl)c2O1. The van der Waals surface area contributed by atoms with Gasteiger partial charge in [-0.15, -0.1) is 0 Å². The van der Waals surface area contributed by atoms with Crippen molar-refractivity contribution in [1.29, 1.82) is 0 Å². The number of nitrogens with zero attached hydrogens (tertiary/aromatic N) is 1. The van der Waals surface area contributed by atoms with E-state index in [1.165, 1.54) is 12.1 Å². The van der Waals surface area contributed by atoms with Gasteiger partial charge in [0.05, 0.1) is 21.3 Å². The Labute approximate surface area is 181 Å². The number of primary amides is 1. The molecule has 0 unspecified atom stereocenters. The van der Waals surface area contributed by atoms with Crippen LogP contribution in [0.2, 0.25) is 5.02 Å². The molecule has 0 bridgehead atoms. The van der Waals surface area contributed by atoms with E-state index in [2.05, 4.69) is 9.62 Å². The highest BCUT2D eigenvalue weighted by atomic mass is 35.5. The number of anilines is 2. The monoisotopic (exact) mass is 449 g/mol. The van der Waals surface area contributed by atoms with Gasteiger partial charge in [-0.1, -0.05) is 11.6 Å². The Hall–Kier alpha value is -2.45. The number of nitrogens with one attached hydrogen (secondary N) is 1. The van der Waals surface area contributed by atoms with E-state index >= 15 is 0 Å². The van der Waals surface area contributed by atoms with Crippen molar-refractivity contribution in [2.45, 2.75) is 43.6 Å². The fourth-order valence-corrected chi connectivity index (χ4v) is 5.49. The molecule has 160 valence electrons. The lowest BCUT2D eigenvalue weighted by molar-refractivity contribution is 0.100. The molecule has 2 aliphatic rings. The first-order valence-corrected chi connectivity index (χ1v) is 11.8. The summed E-state index contributed by atoms with van der Waals surface area (Å²) < 4.78 is 34.7. The van der Waals surface area contributed by atoms with Gasteiger partial charge in [0.15, 0.2) is 0 Å². The number of fused-ring (bicyclic) bond motifs is 1. The summed E-state index contributed by atoms with van der Waals surface area (Å²) in [6.07, 6.45) is 3.74. The topological polar surface area (TPSA) is 102 Å². The summed E-state index contributed by atoms with van der Waals surface area (Å²) in [6, 6.07) is 7.83. The Morgan fingerprint density at radius 2 is 1.93 bits per heavy atom. The highest BCUT2D eigenvalue weighted by molar-refractivity contribution is 7.92. The van der Waals surface area contributed by atoms with E-state index in [4.69, 9.17) is 22.1 Å². The van der Waals surface area contributed by atoms with Crippen LogP contribution in [-0.2, 0) is 16.4 Å². The van der Waals surface area contributed by atoms with Crippen LogP contribution in [0.15, 0.2) is 35.2 Å². The number of hydrogen-bond acceptors (Lipinski definition) is 5. The minimum atomic E-state index is -3.95. The largest absolute Gasteiger partial charge is 0.489 e.